The minimum Gasteiger partial charge on any atom is -0.285 e. The predicted molar refractivity (Wildman–Crippen MR) is 71.9 cm³/mol. The van der Waals surface area contributed by atoms with E-state index in [1.165, 1.54) is 0 Å². The average molecular weight is 249 g/mol. The number of nitrogens with zero attached hydrogens (tertiary/aromatic N) is 3. The van der Waals surface area contributed by atoms with Gasteiger partial charge in [-0.3, -0.25) is 9.78 Å². The maximum atomic E-state index is 12.3. The second kappa shape index (κ2) is 4.57. The van der Waals surface area contributed by atoms with Crippen LogP contribution in [0.25, 0.3) is 10.9 Å². The summed E-state index contributed by atoms with van der Waals surface area (Å²) < 4.78 is 0. The molecule has 2 aromatic heterocycles. The van der Waals surface area contributed by atoms with Crippen LogP contribution in [0.2, 0.25) is 0 Å². The number of carbonyl (C=O) groups is 1. The molecule has 0 saturated heterocycles. The first-order valence-electron chi connectivity index (χ1n) is 5.92. The maximum Gasteiger partial charge on any atom is 0.230 e. The van der Waals surface area contributed by atoms with E-state index >= 15 is 0 Å². The second-order valence-electron chi connectivity index (χ2n) is 4.32. The van der Waals surface area contributed by atoms with Gasteiger partial charge in [-0.2, -0.15) is 0 Å². The van der Waals surface area contributed by atoms with E-state index in [9.17, 15) is 4.79 Å². The van der Waals surface area contributed by atoms with Crippen molar-refractivity contribution in [3.8, 4) is 0 Å². The van der Waals surface area contributed by atoms with Gasteiger partial charge < -0.3 is 0 Å². The summed E-state index contributed by atoms with van der Waals surface area (Å²) in [6.45, 7) is 1.88. The van der Waals surface area contributed by atoms with Gasteiger partial charge in [0.15, 0.2) is 0 Å². The van der Waals surface area contributed by atoms with Crippen molar-refractivity contribution in [1.29, 1.82) is 0 Å². The molecule has 0 amide bonds. The first-order valence-corrected chi connectivity index (χ1v) is 5.92. The van der Waals surface area contributed by atoms with Gasteiger partial charge in [-0.25, -0.2) is 9.97 Å². The SMILES string of the molecule is Cc1cnc(C(=O)c2ccc3ncccc3c2)nc1. The summed E-state index contributed by atoms with van der Waals surface area (Å²) in [5.41, 5.74) is 2.37. The molecule has 3 rings (SSSR count). The van der Waals surface area contributed by atoms with E-state index in [2.05, 4.69) is 15.0 Å². The number of carbonyl (C=O) groups excluding carboxylic acids is 1. The zero-order chi connectivity index (χ0) is 13.2. The highest BCUT2D eigenvalue weighted by molar-refractivity contribution is 6.08. The molecule has 0 spiro atoms. The molecule has 0 unspecified atom stereocenters. The van der Waals surface area contributed by atoms with Crippen LogP contribution in [0.4, 0.5) is 0 Å². The van der Waals surface area contributed by atoms with Crippen LogP contribution in [0.15, 0.2) is 48.9 Å². The fraction of sp³-hybridized carbons (Fsp3) is 0.0667. The van der Waals surface area contributed by atoms with Gasteiger partial charge >= 0.3 is 0 Å². The normalized spacial score (nSPS) is 10.6. The molecule has 0 fully saturated rings. The standard InChI is InChI=1S/C15H11N3O/c1-10-8-17-15(18-9-10)14(19)12-4-5-13-11(7-12)3-2-6-16-13/h2-9H,1H3. The summed E-state index contributed by atoms with van der Waals surface area (Å²) in [6, 6.07) is 9.17. The van der Waals surface area contributed by atoms with Crippen molar-refractivity contribution in [2.75, 3.05) is 0 Å². The fourth-order valence-electron chi connectivity index (χ4n) is 1.86. The molecular formula is C15H11N3O. The van der Waals surface area contributed by atoms with Crippen LogP contribution in [0.1, 0.15) is 21.7 Å². The molecule has 4 heteroatoms. The van der Waals surface area contributed by atoms with Gasteiger partial charge in [0.05, 0.1) is 5.52 Å². The van der Waals surface area contributed by atoms with Gasteiger partial charge in [0, 0.05) is 29.5 Å². The molecule has 0 N–H and O–H groups in total. The highest BCUT2D eigenvalue weighted by atomic mass is 16.1. The number of hydrogen-bond acceptors (Lipinski definition) is 4. The topological polar surface area (TPSA) is 55.7 Å². The number of pyridine rings is 1. The third-order valence-corrected chi connectivity index (χ3v) is 2.85. The molecule has 0 radical (unpaired) electrons. The summed E-state index contributed by atoms with van der Waals surface area (Å²) in [5.74, 6) is 0.0413. The highest BCUT2D eigenvalue weighted by Gasteiger charge is 2.12. The Morgan fingerprint density at radius 3 is 2.63 bits per heavy atom. The number of aromatic nitrogens is 3. The van der Waals surface area contributed by atoms with E-state index in [-0.39, 0.29) is 11.6 Å². The van der Waals surface area contributed by atoms with Crippen LogP contribution in [0.5, 0.6) is 0 Å². The first-order chi connectivity index (χ1) is 9.24. The third-order valence-electron chi connectivity index (χ3n) is 2.85. The Bertz CT molecular complexity index is 751. The Kier molecular flexibility index (Phi) is 2.76. The van der Waals surface area contributed by atoms with Crippen LogP contribution >= 0.6 is 0 Å². The Labute approximate surface area is 110 Å². The largest absolute Gasteiger partial charge is 0.285 e. The second-order valence-corrected chi connectivity index (χ2v) is 4.32. The molecule has 2 heterocycles. The zero-order valence-corrected chi connectivity index (χ0v) is 10.4. The number of fused-ring (bicyclic) bond motifs is 1. The molecule has 3 aromatic rings. The number of benzene rings is 1. The van der Waals surface area contributed by atoms with Crippen LogP contribution in [-0.4, -0.2) is 20.7 Å². The Morgan fingerprint density at radius 1 is 1.05 bits per heavy atom. The maximum absolute atomic E-state index is 12.3. The van der Waals surface area contributed by atoms with Gasteiger partial charge in [-0.1, -0.05) is 6.07 Å². The summed E-state index contributed by atoms with van der Waals surface area (Å²) in [5, 5.41) is 0.931. The molecule has 4 nitrogen and oxygen atoms in total. The van der Waals surface area contributed by atoms with Crippen molar-refractivity contribution in [3.63, 3.8) is 0 Å². The van der Waals surface area contributed by atoms with Gasteiger partial charge in [0.1, 0.15) is 0 Å². The fourth-order valence-corrected chi connectivity index (χ4v) is 1.86. The van der Waals surface area contributed by atoms with E-state index < -0.39 is 0 Å². The lowest BCUT2D eigenvalue weighted by Crippen LogP contribution is -2.06. The van der Waals surface area contributed by atoms with Gasteiger partial charge in [0.25, 0.3) is 0 Å². The molecular weight excluding hydrogens is 238 g/mol. The number of rotatable bonds is 2. The molecule has 0 aliphatic rings. The van der Waals surface area contributed by atoms with Gasteiger partial charge in [0.2, 0.25) is 11.6 Å². The molecule has 0 saturated carbocycles. The van der Waals surface area contributed by atoms with E-state index in [1.807, 2.05) is 31.2 Å². The van der Waals surface area contributed by atoms with Crippen LogP contribution in [0, 0.1) is 6.92 Å². The smallest absolute Gasteiger partial charge is 0.230 e. The number of hydrogen-bond donors (Lipinski definition) is 0. The van der Waals surface area contributed by atoms with E-state index in [4.69, 9.17) is 0 Å². The van der Waals surface area contributed by atoms with Gasteiger partial charge in [-0.15, -0.1) is 0 Å². The lowest BCUT2D eigenvalue weighted by Gasteiger charge is -2.02. The van der Waals surface area contributed by atoms with Crippen LogP contribution < -0.4 is 0 Å². The van der Waals surface area contributed by atoms with Crippen LogP contribution in [0.3, 0.4) is 0 Å². The lowest BCUT2D eigenvalue weighted by molar-refractivity contribution is 0.102. The van der Waals surface area contributed by atoms with Crippen molar-refractivity contribution in [1.82, 2.24) is 15.0 Å². The minimum absolute atomic E-state index is 0.175. The highest BCUT2D eigenvalue weighted by Crippen LogP contribution is 2.15. The van der Waals surface area contributed by atoms with E-state index in [0.717, 1.165) is 16.5 Å². The summed E-state index contributed by atoms with van der Waals surface area (Å²) in [7, 11) is 0. The molecule has 19 heavy (non-hydrogen) atoms. The minimum atomic E-state index is -0.175. The molecule has 1 aromatic carbocycles. The lowest BCUT2D eigenvalue weighted by atomic mass is 10.1. The van der Waals surface area contributed by atoms with E-state index in [1.54, 1.807) is 24.7 Å². The van der Waals surface area contributed by atoms with Crippen molar-refractivity contribution in [2.45, 2.75) is 6.92 Å². The van der Waals surface area contributed by atoms with Crippen molar-refractivity contribution in [2.24, 2.45) is 0 Å². The van der Waals surface area contributed by atoms with Crippen molar-refractivity contribution >= 4 is 16.7 Å². The predicted octanol–water partition coefficient (Wildman–Crippen LogP) is 2.56. The molecule has 0 aliphatic carbocycles. The third kappa shape index (κ3) is 2.20. The van der Waals surface area contributed by atoms with E-state index in [0.29, 0.717) is 5.56 Å². The molecule has 0 bridgehead atoms. The Balaban J connectivity index is 2.04. The quantitative estimate of drug-likeness (QED) is 0.655. The molecule has 92 valence electrons. The molecule has 0 atom stereocenters. The van der Waals surface area contributed by atoms with Crippen LogP contribution in [-0.2, 0) is 0 Å². The summed E-state index contributed by atoms with van der Waals surface area (Å²) in [6.07, 6.45) is 5.01. The Hall–Kier alpha value is -2.62. The number of aryl methyl sites for hydroxylation is 1. The summed E-state index contributed by atoms with van der Waals surface area (Å²) >= 11 is 0. The average Bonchev–Trinajstić information content (AvgIpc) is 2.47. The number of ketones is 1. The summed E-state index contributed by atoms with van der Waals surface area (Å²) in [4.78, 5) is 24.6. The van der Waals surface area contributed by atoms with Gasteiger partial charge in [-0.05, 0) is 36.8 Å². The van der Waals surface area contributed by atoms with Crippen molar-refractivity contribution in [3.05, 3.63) is 65.9 Å². The Morgan fingerprint density at radius 2 is 1.84 bits per heavy atom. The first kappa shape index (κ1) is 11.5. The monoisotopic (exact) mass is 249 g/mol. The molecule has 0 aliphatic heterocycles. The zero-order valence-electron chi connectivity index (χ0n) is 10.4. The van der Waals surface area contributed by atoms with Crippen molar-refractivity contribution < 1.29 is 4.79 Å².